The zero-order valence-electron chi connectivity index (χ0n) is 10.0. The summed E-state index contributed by atoms with van der Waals surface area (Å²) in [4.78, 5) is 0. The van der Waals surface area contributed by atoms with Gasteiger partial charge in [-0.05, 0) is 12.5 Å². The Bertz CT molecular complexity index is 315. The molecule has 0 amide bonds. The third-order valence-corrected chi connectivity index (χ3v) is 2.59. The smallest absolute Gasteiger partial charge is 0.124 e. The first-order chi connectivity index (χ1) is 7.69. The molecule has 1 aromatic carbocycles. The molecule has 0 heterocycles. The lowest BCUT2D eigenvalue weighted by Gasteiger charge is -2.17. The van der Waals surface area contributed by atoms with Crippen LogP contribution in [-0.4, -0.2) is 18.3 Å². The highest BCUT2D eigenvalue weighted by atomic mass is 16.5. The van der Waals surface area contributed by atoms with Crippen LogP contribution in [0.4, 0.5) is 0 Å². The molecule has 0 aliphatic rings. The van der Waals surface area contributed by atoms with Crippen molar-refractivity contribution in [1.29, 1.82) is 0 Å². The molecule has 0 radical (unpaired) electrons. The lowest BCUT2D eigenvalue weighted by Crippen LogP contribution is -2.15. The topological polar surface area (TPSA) is 55.5 Å². The molecule has 0 fully saturated rings. The first-order valence-corrected chi connectivity index (χ1v) is 5.77. The van der Waals surface area contributed by atoms with Gasteiger partial charge in [0.2, 0.25) is 0 Å². The van der Waals surface area contributed by atoms with Crippen LogP contribution in [0, 0.1) is 5.92 Å². The van der Waals surface area contributed by atoms with Crippen molar-refractivity contribution in [2.45, 2.75) is 26.3 Å². The monoisotopic (exact) mass is 223 g/mol. The van der Waals surface area contributed by atoms with Crippen molar-refractivity contribution in [3.8, 4) is 5.75 Å². The van der Waals surface area contributed by atoms with Gasteiger partial charge in [-0.3, -0.25) is 0 Å². The summed E-state index contributed by atoms with van der Waals surface area (Å²) in [5, 5.41) is 8.93. The second kappa shape index (κ2) is 6.51. The second-order valence-electron chi connectivity index (χ2n) is 4.15. The molecule has 2 atom stereocenters. The minimum atomic E-state index is 0.0145. The van der Waals surface area contributed by atoms with Crippen LogP contribution in [0.5, 0.6) is 5.75 Å². The first kappa shape index (κ1) is 13.0. The Morgan fingerprint density at radius 3 is 2.69 bits per heavy atom. The van der Waals surface area contributed by atoms with Crippen molar-refractivity contribution < 1.29 is 9.84 Å². The number of para-hydroxylation sites is 1. The third-order valence-electron chi connectivity index (χ3n) is 2.59. The van der Waals surface area contributed by atoms with Crippen molar-refractivity contribution in [3.05, 3.63) is 29.8 Å². The summed E-state index contributed by atoms with van der Waals surface area (Å²) in [6.45, 7) is 4.66. The minimum absolute atomic E-state index is 0.0145. The first-order valence-electron chi connectivity index (χ1n) is 5.77. The molecule has 3 nitrogen and oxygen atoms in total. The molecule has 1 rings (SSSR count). The van der Waals surface area contributed by atoms with Gasteiger partial charge in [0, 0.05) is 24.1 Å². The number of ether oxygens (including phenoxy) is 1. The Labute approximate surface area is 97.2 Å². The number of hydrogen-bond donors (Lipinski definition) is 2. The van der Waals surface area contributed by atoms with Gasteiger partial charge in [0.05, 0.1) is 6.61 Å². The Hall–Kier alpha value is -1.06. The molecule has 0 spiro atoms. The molecule has 1 aromatic rings. The van der Waals surface area contributed by atoms with Gasteiger partial charge in [0.25, 0.3) is 0 Å². The summed E-state index contributed by atoms with van der Waals surface area (Å²) in [5.74, 6) is 0.975. The van der Waals surface area contributed by atoms with Crippen molar-refractivity contribution in [1.82, 2.24) is 0 Å². The van der Waals surface area contributed by atoms with Gasteiger partial charge in [-0.1, -0.05) is 32.0 Å². The summed E-state index contributed by atoms with van der Waals surface area (Å²) < 4.78 is 5.67. The summed E-state index contributed by atoms with van der Waals surface area (Å²) in [5.41, 5.74) is 7.04. The quantitative estimate of drug-likeness (QED) is 0.776. The summed E-state index contributed by atoms with van der Waals surface area (Å²) in [6, 6.07) is 7.83. The van der Waals surface area contributed by atoms with E-state index in [2.05, 4.69) is 6.92 Å². The fraction of sp³-hybridized carbons (Fsp3) is 0.538. The van der Waals surface area contributed by atoms with Gasteiger partial charge in [0.1, 0.15) is 5.75 Å². The van der Waals surface area contributed by atoms with Gasteiger partial charge < -0.3 is 15.6 Å². The number of benzene rings is 1. The van der Waals surface area contributed by atoms with Crippen molar-refractivity contribution >= 4 is 0 Å². The second-order valence-corrected chi connectivity index (χ2v) is 4.15. The van der Waals surface area contributed by atoms with Gasteiger partial charge in [-0.25, -0.2) is 0 Å². The zero-order chi connectivity index (χ0) is 12.0. The molecule has 0 saturated carbocycles. The molecular weight excluding hydrogens is 202 g/mol. The number of aliphatic hydroxyl groups is 1. The van der Waals surface area contributed by atoms with E-state index < -0.39 is 0 Å². The largest absolute Gasteiger partial charge is 0.493 e. The highest BCUT2D eigenvalue weighted by Gasteiger charge is 2.10. The maximum Gasteiger partial charge on any atom is 0.124 e. The lowest BCUT2D eigenvalue weighted by molar-refractivity contribution is 0.173. The summed E-state index contributed by atoms with van der Waals surface area (Å²) >= 11 is 0. The van der Waals surface area contributed by atoms with E-state index in [0.717, 1.165) is 17.7 Å². The molecule has 0 bridgehead atoms. The number of hydrogen-bond acceptors (Lipinski definition) is 3. The number of nitrogens with two attached hydrogens (primary N) is 1. The van der Waals surface area contributed by atoms with Gasteiger partial charge in [-0.2, -0.15) is 0 Å². The average molecular weight is 223 g/mol. The maximum absolute atomic E-state index is 8.93. The highest BCUT2D eigenvalue weighted by Crippen LogP contribution is 2.25. The summed E-state index contributed by atoms with van der Waals surface area (Å²) in [6.07, 6.45) is 0.885. The van der Waals surface area contributed by atoms with E-state index in [0.29, 0.717) is 6.61 Å². The van der Waals surface area contributed by atoms with E-state index in [1.54, 1.807) is 0 Å². The molecule has 0 aromatic heterocycles. The van der Waals surface area contributed by atoms with E-state index in [1.165, 1.54) is 0 Å². The molecule has 3 N–H and O–H groups in total. The van der Waals surface area contributed by atoms with E-state index in [-0.39, 0.29) is 18.6 Å². The van der Waals surface area contributed by atoms with Crippen molar-refractivity contribution in [2.75, 3.05) is 13.2 Å². The van der Waals surface area contributed by atoms with Crippen LogP contribution in [0.1, 0.15) is 31.9 Å². The van der Waals surface area contributed by atoms with Crippen LogP contribution in [0.3, 0.4) is 0 Å². The maximum atomic E-state index is 8.93. The lowest BCUT2D eigenvalue weighted by atomic mass is 10.0. The van der Waals surface area contributed by atoms with Gasteiger partial charge in [0.15, 0.2) is 0 Å². The molecule has 0 aliphatic heterocycles. The van der Waals surface area contributed by atoms with E-state index in [4.69, 9.17) is 15.6 Å². The number of aliphatic hydroxyl groups excluding tert-OH is 1. The predicted molar refractivity (Wildman–Crippen MR) is 65.4 cm³/mol. The minimum Gasteiger partial charge on any atom is -0.493 e. The molecule has 16 heavy (non-hydrogen) atoms. The van der Waals surface area contributed by atoms with E-state index in [1.807, 2.05) is 31.2 Å². The van der Waals surface area contributed by atoms with Crippen LogP contribution in [0.15, 0.2) is 24.3 Å². The molecule has 3 heteroatoms. The predicted octanol–water partition coefficient (Wildman–Crippen LogP) is 2.10. The molecule has 0 aliphatic carbocycles. The molecular formula is C13H21NO2. The average Bonchev–Trinajstić information content (AvgIpc) is 2.35. The van der Waals surface area contributed by atoms with Crippen molar-refractivity contribution in [3.63, 3.8) is 0 Å². The van der Waals surface area contributed by atoms with Crippen LogP contribution in [0.2, 0.25) is 0 Å². The fourth-order valence-electron chi connectivity index (χ4n) is 1.42. The Balaban J connectivity index is 2.71. The Kier molecular flexibility index (Phi) is 5.29. The number of rotatable bonds is 6. The van der Waals surface area contributed by atoms with Crippen LogP contribution >= 0.6 is 0 Å². The third kappa shape index (κ3) is 3.51. The van der Waals surface area contributed by atoms with Gasteiger partial charge in [-0.15, -0.1) is 0 Å². The van der Waals surface area contributed by atoms with Crippen LogP contribution < -0.4 is 10.5 Å². The van der Waals surface area contributed by atoms with Crippen molar-refractivity contribution in [2.24, 2.45) is 11.7 Å². The van der Waals surface area contributed by atoms with Gasteiger partial charge >= 0.3 is 0 Å². The zero-order valence-corrected chi connectivity index (χ0v) is 10.0. The standard InChI is InChI=1S/C13H21NO2/c1-3-12(14)11-6-4-5-7-13(11)16-9-10(2)8-15/h4-7,10,12,15H,3,8-9,14H2,1-2H3. The van der Waals surface area contributed by atoms with E-state index >= 15 is 0 Å². The Morgan fingerprint density at radius 2 is 2.06 bits per heavy atom. The fourth-order valence-corrected chi connectivity index (χ4v) is 1.42. The molecule has 2 unspecified atom stereocenters. The van der Waals surface area contributed by atoms with Crippen LogP contribution in [0.25, 0.3) is 0 Å². The Morgan fingerprint density at radius 1 is 1.38 bits per heavy atom. The van der Waals surface area contributed by atoms with E-state index in [9.17, 15) is 0 Å². The molecule has 90 valence electrons. The summed E-state index contributed by atoms with van der Waals surface area (Å²) in [7, 11) is 0. The molecule has 0 saturated heterocycles. The van der Waals surface area contributed by atoms with Crippen LogP contribution in [-0.2, 0) is 0 Å². The highest BCUT2D eigenvalue weighted by molar-refractivity contribution is 5.35. The normalized spacial score (nSPS) is 14.5. The SMILES string of the molecule is CCC(N)c1ccccc1OCC(C)CO.